The van der Waals surface area contributed by atoms with Crippen LogP contribution in [0.4, 0.5) is 5.69 Å². The van der Waals surface area contributed by atoms with Crippen molar-refractivity contribution < 1.29 is 5.11 Å². The Morgan fingerprint density at radius 3 is 2.79 bits per heavy atom. The summed E-state index contributed by atoms with van der Waals surface area (Å²) in [6.45, 7) is 2.69. The molecule has 1 aromatic heterocycles. The Hall–Kier alpha value is -3.03. The summed E-state index contributed by atoms with van der Waals surface area (Å²) in [6.07, 6.45) is 5.73. The first-order chi connectivity index (χ1) is 11.7. The minimum atomic E-state index is 0.0268. The van der Waals surface area contributed by atoms with Gasteiger partial charge in [0, 0.05) is 34.9 Å². The van der Waals surface area contributed by atoms with Crippen LogP contribution in [0.1, 0.15) is 11.1 Å². The number of aliphatic hydroxyl groups excluding tert-OH is 1. The minimum Gasteiger partial charge on any atom is -0.398 e. The van der Waals surface area contributed by atoms with Crippen molar-refractivity contribution >= 4 is 16.6 Å². The van der Waals surface area contributed by atoms with Gasteiger partial charge in [-0.1, -0.05) is 24.3 Å². The summed E-state index contributed by atoms with van der Waals surface area (Å²) in [6, 6.07) is 13.8. The number of nitriles is 1. The zero-order valence-corrected chi connectivity index (χ0v) is 13.5. The van der Waals surface area contributed by atoms with Crippen molar-refractivity contribution in [2.75, 3.05) is 12.3 Å². The van der Waals surface area contributed by atoms with Gasteiger partial charge in [0.1, 0.15) is 0 Å². The van der Waals surface area contributed by atoms with Gasteiger partial charge in [-0.2, -0.15) is 5.26 Å². The van der Waals surface area contributed by atoms with Crippen molar-refractivity contribution in [3.8, 4) is 17.2 Å². The van der Waals surface area contributed by atoms with Gasteiger partial charge in [0.25, 0.3) is 0 Å². The number of anilines is 1. The molecule has 0 fully saturated rings. The van der Waals surface area contributed by atoms with Gasteiger partial charge in [-0.05, 0) is 42.3 Å². The first-order valence-corrected chi connectivity index (χ1v) is 7.80. The topological polar surface area (TPSA) is 75.0 Å². The molecule has 120 valence electrons. The Morgan fingerprint density at radius 2 is 2.04 bits per heavy atom. The molecule has 3 rings (SSSR count). The average Bonchev–Trinajstić information content (AvgIpc) is 2.95. The van der Waals surface area contributed by atoms with Crippen molar-refractivity contribution in [3.05, 3.63) is 65.9 Å². The average molecular weight is 317 g/mol. The lowest BCUT2D eigenvalue weighted by Gasteiger charge is -2.07. The molecule has 0 saturated carbocycles. The van der Waals surface area contributed by atoms with Crippen LogP contribution in [0.5, 0.6) is 0 Å². The molecule has 0 unspecified atom stereocenters. The molecular formula is C20H19N3O. The van der Waals surface area contributed by atoms with Crippen LogP contribution in [0.2, 0.25) is 0 Å². The van der Waals surface area contributed by atoms with Crippen molar-refractivity contribution in [3.63, 3.8) is 0 Å². The summed E-state index contributed by atoms with van der Waals surface area (Å²) < 4.78 is 2.11. The molecule has 0 bridgehead atoms. The monoisotopic (exact) mass is 317 g/mol. The normalized spacial score (nSPS) is 11.2. The van der Waals surface area contributed by atoms with E-state index in [1.807, 2.05) is 49.4 Å². The molecule has 0 saturated heterocycles. The zero-order chi connectivity index (χ0) is 17.1. The van der Waals surface area contributed by atoms with E-state index in [2.05, 4.69) is 16.8 Å². The number of nitrogens with two attached hydrogens (primary N) is 1. The number of rotatable bonds is 4. The second kappa shape index (κ2) is 6.61. The van der Waals surface area contributed by atoms with Gasteiger partial charge in [0.2, 0.25) is 0 Å². The number of fused-ring (bicyclic) bond motifs is 1. The quantitative estimate of drug-likeness (QED) is 0.570. The SMILES string of the molecule is Cc1c(N)cccc1-c1cn(CC=CCO)c2ccc(C#N)cc12. The maximum atomic E-state index is 9.22. The van der Waals surface area contributed by atoms with E-state index < -0.39 is 0 Å². The Bertz CT molecular complexity index is 961. The molecule has 0 atom stereocenters. The second-order valence-corrected chi connectivity index (χ2v) is 5.71. The fourth-order valence-corrected chi connectivity index (χ4v) is 2.94. The maximum Gasteiger partial charge on any atom is 0.0991 e. The predicted molar refractivity (Wildman–Crippen MR) is 97.5 cm³/mol. The number of aliphatic hydroxyl groups is 1. The van der Waals surface area contributed by atoms with Gasteiger partial charge in [0.15, 0.2) is 0 Å². The van der Waals surface area contributed by atoms with E-state index in [1.165, 1.54) is 0 Å². The van der Waals surface area contributed by atoms with Crippen LogP contribution < -0.4 is 5.73 Å². The number of nitrogen functional groups attached to an aromatic ring is 1. The molecule has 0 aliphatic carbocycles. The fourth-order valence-electron chi connectivity index (χ4n) is 2.94. The molecule has 3 aromatic rings. The van der Waals surface area contributed by atoms with E-state index >= 15 is 0 Å². The number of allylic oxidation sites excluding steroid dienone is 1. The predicted octanol–water partition coefficient (Wildman–Crippen LogP) is 3.62. The highest BCUT2D eigenvalue weighted by Gasteiger charge is 2.13. The molecule has 0 amide bonds. The van der Waals surface area contributed by atoms with E-state index in [9.17, 15) is 5.26 Å². The van der Waals surface area contributed by atoms with Gasteiger partial charge in [-0.25, -0.2) is 0 Å². The van der Waals surface area contributed by atoms with Gasteiger partial charge < -0.3 is 15.4 Å². The lowest BCUT2D eigenvalue weighted by atomic mass is 9.98. The maximum absolute atomic E-state index is 9.22. The van der Waals surface area contributed by atoms with Gasteiger partial charge >= 0.3 is 0 Å². The van der Waals surface area contributed by atoms with Crippen LogP contribution in [-0.2, 0) is 6.54 Å². The van der Waals surface area contributed by atoms with Crippen LogP contribution in [0.15, 0.2) is 54.7 Å². The Kier molecular flexibility index (Phi) is 4.37. The molecule has 2 aromatic carbocycles. The zero-order valence-electron chi connectivity index (χ0n) is 13.5. The third kappa shape index (κ3) is 2.78. The van der Waals surface area contributed by atoms with E-state index in [4.69, 9.17) is 10.8 Å². The molecule has 0 spiro atoms. The molecule has 0 radical (unpaired) electrons. The fraction of sp³-hybridized carbons (Fsp3) is 0.150. The highest BCUT2D eigenvalue weighted by atomic mass is 16.2. The first kappa shape index (κ1) is 15.9. The van der Waals surface area contributed by atoms with Gasteiger partial charge in [-0.15, -0.1) is 0 Å². The summed E-state index contributed by atoms with van der Waals surface area (Å²) in [5.74, 6) is 0. The molecule has 4 nitrogen and oxygen atoms in total. The van der Waals surface area contributed by atoms with Gasteiger partial charge in [-0.3, -0.25) is 0 Å². The highest BCUT2D eigenvalue weighted by molar-refractivity contribution is 5.98. The summed E-state index contributed by atoms with van der Waals surface area (Å²) >= 11 is 0. The summed E-state index contributed by atoms with van der Waals surface area (Å²) in [5.41, 5.74) is 11.7. The van der Waals surface area contributed by atoms with E-state index in [-0.39, 0.29) is 6.61 Å². The lowest BCUT2D eigenvalue weighted by molar-refractivity contribution is 0.342. The number of aromatic nitrogens is 1. The molecule has 4 heteroatoms. The second-order valence-electron chi connectivity index (χ2n) is 5.71. The number of nitrogens with zero attached hydrogens (tertiary/aromatic N) is 2. The van der Waals surface area contributed by atoms with Crippen LogP contribution >= 0.6 is 0 Å². The van der Waals surface area contributed by atoms with E-state index in [1.54, 1.807) is 6.08 Å². The van der Waals surface area contributed by atoms with Crippen LogP contribution in [0.25, 0.3) is 22.0 Å². The molecule has 0 aliphatic heterocycles. The highest BCUT2D eigenvalue weighted by Crippen LogP contribution is 2.35. The molecule has 24 heavy (non-hydrogen) atoms. The standard InChI is InChI=1S/C20H19N3O/c1-14-16(5-4-6-19(14)22)18-13-23(9-2-3-10-24)20-8-7-15(12-21)11-17(18)20/h2-8,11,13,24H,9-10,22H2,1H3. The van der Waals surface area contributed by atoms with Crippen LogP contribution in [0.3, 0.4) is 0 Å². The van der Waals surface area contributed by atoms with Crippen molar-refractivity contribution in [1.82, 2.24) is 4.57 Å². The first-order valence-electron chi connectivity index (χ1n) is 7.80. The van der Waals surface area contributed by atoms with E-state index in [0.29, 0.717) is 12.1 Å². The largest absolute Gasteiger partial charge is 0.398 e. The number of hydrogen-bond acceptors (Lipinski definition) is 3. The molecule has 3 N–H and O–H groups in total. The van der Waals surface area contributed by atoms with Crippen molar-refractivity contribution in [2.45, 2.75) is 13.5 Å². The van der Waals surface area contributed by atoms with Gasteiger partial charge in [0.05, 0.1) is 18.2 Å². The number of benzene rings is 2. The molecule has 1 heterocycles. The van der Waals surface area contributed by atoms with Crippen LogP contribution in [0, 0.1) is 18.3 Å². The smallest absolute Gasteiger partial charge is 0.0991 e. The molecule has 0 aliphatic rings. The minimum absolute atomic E-state index is 0.0268. The Balaban J connectivity index is 2.24. The third-order valence-electron chi connectivity index (χ3n) is 4.25. The van der Waals surface area contributed by atoms with Crippen molar-refractivity contribution in [2.24, 2.45) is 0 Å². The summed E-state index contributed by atoms with van der Waals surface area (Å²) in [4.78, 5) is 0. The van der Waals surface area contributed by atoms with Crippen molar-refractivity contribution in [1.29, 1.82) is 5.26 Å². The number of hydrogen-bond donors (Lipinski definition) is 2. The third-order valence-corrected chi connectivity index (χ3v) is 4.25. The Morgan fingerprint density at radius 1 is 1.21 bits per heavy atom. The van der Waals surface area contributed by atoms with E-state index in [0.717, 1.165) is 33.3 Å². The van der Waals surface area contributed by atoms with Crippen LogP contribution in [-0.4, -0.2) is 16.3 Å². The lowest BCUT2D eigenvalue weighted by Crippen LogP contribution is -1.93. The Labute approximate surface area is 141 Å². The summed E-state index contributed by atoms with van der Waals surface area (Å²) in [5, 5.41) is 19.2. The molecular weight excluding hydrogens is 298 g/mol. The summed E-state index contributed by atoms with van der Waals surface area (Å²) in [7, 11) is 0.